The van der Waals surface area contributed by atoms with Crippen molar-refractivity contribution in [3.05, 3.63) is 54.1 Å². The van der Waals surface area contributed by atoms with E-state index < -0.39 is 0 Å². The highest BCUT2D eigenvalue weighted by Gasteiger charge is 2.17. The van der Waals surface area contributed by atoms with Crippen LogP contribution in [0.5, 0.6) is 0 Å². The van der Waals surface area contributed by atoms with Crippen molar-refractivity contribution in [1.29, 1.82) is 0 Å². The molecule has 2 N–H and O–H groups in total. The number of rotatable bonds is 9. The van der Waals surface area contributed by atoms with Crippen LogP contribution in [0.4, 0.5) is 0 Å². The van der Waals surface area contributed by atoms with Crippen LogP contribution in [0.25, 0.3) is 0 Å². The number of aromatic nitrogens is 2. The number of nitrogens with one attached hydrogen (secondary N) is 2. The van der Waals surface area contributed by atoms with Crippen LogP contribution >= 0.6 is 24.0 Å². The summed E-state index contributed by atoms with van der Waals surface area (Å²) >= 11 is 0. The topological polar surface area (TPSA) is 57.5 Å². The molecule has 1 aliphatic heterocycles. The molecule has 2 aromatic rings. The second-order valence-corrected chi connectivity index (χ2v) is 7.81. The fourth-order valence-corrected chi connectivity index (χ4v) is 3.89. The van der Waals surface area contributed by atoms with E-state index in [0.29, 0.717) is 6.54 Å². The quantitative estimate of drug-likeness (QED) is 0.226. The maximum absolute atomic E-state index is 4.75. The van der Waals surface area contributed by atoms with Crippen molar-refractivity contribution < 1.29 is 0 Å². The van der Waals surface area contributed by atoms with Gasteiger partial charge in [0.25, 0.3) is 0 Å². The third-order valence-corrected chi connectivity index (χ3v) is 5.58. The highest BCUT2D eigenvalue weighted by Crippen LogP contribution is 2.16. The summed E-state index contributed by atoms with van der Waals surface area (Å²) in [5.74, 6) is 1.85. The van der Waals surface area contributed by atoms with Crippen molar-refractivity contribution in [2.45, 2.75) is 58.7 Å². The minimum atomic E-state index is 0. The molecule has 0 amide bonds. The smallest absolute Gasteiger partial charge is 0.191 e. The predicted molar refractivity (Wildman–Crippen MR) is 136 cm³/mol. The van der Waals surface area contributed by atoms with Gasteiger partial charge in [0.15, 0.2) is 5.96 Å². The first-order valence-electron chi connectivity index (χ1n) is 11.1. The lowest BCUT2D eigenvalue weighted by Crippen LogP contribution is -2.41. The predicted octanol–water partition coefficient (Wildman–Crippen LogP) is 3.87. The second kappa shape index (κ2) is 13.6. The molecule has 30 heavy (non-hydrogen) atoms. The zero-order chi connectivity index (χ0) is 20.3. The molecule has 6 nitrogen and oxygen atoms in total. The van der Waals surface area contributed by atoms with Gasteiger partial charge in [0, 0.05) is 44.6 Å². The normalized spacial score (nSPS) is 17.4. The van der Waals surface area contributed by atoms with Crippen LogP contribution < -0.4 is 10.6 Å². The van der Waals surface area contributed by atoms with E-state index in [1.54, 1.807) is 0 Å². The first kappa shape index (κ1) is 24.7. The number of piperidine rings is 1. The van der Waals surface area contributed by atoms with Crippen LogP contribution in [0.15, 0.2) is 47.7 Å². The number of aliphatic imine (C=N–C) groups is 1. The lowest BCUT2D eigenvalue weighted by molar-refractivity contribution is 0.159. The van der Waals surface area contributed by atoms with Crippen molar-refractivity contribution in [3.63, 3.8) is 0 Å². The maximum atomic E-state index is 4.75. The van der Waals surface area contributed by atoms with E-state index in [2.05, 4.69) is 63.2 Å². The largest absolute Gasteiger partial charge is 0.357 e. The lowest BCUT2D eigenvalue weighted by atomic mass is 10.0. The summed E-state index contributed by atoms with van der Waals surface area (Å²) in [6, 6.07) is 11.2. The Morgan fingerprint density at radius 2 is 2.03 bits per heavy atom. The summed E-state index contributed by atoms with van der Waals surface area (Å²) in [7, 11) is 0. The number of imidazole rings is 1. The standard InChI is InChI=1S/C23H36N6.HI/c1-3-24-23(26-13-9-16-28-15-8-7-10-20(28)2)27-18-22-25-14-17-29(22)19-21-11-5-4-6-12-21;/h4-6,11-12,14,17,20H,3,7-10,13,15-16,18-19H2,1-2H3,(H2,24,26,27);1H. The Labute approximate surface area is 198 Å². The van der Waals surface area contributed by atoms with Gasteiger partial charge in [-0.15, -0.1) is 24.0 Å². The van der Waals surface area contributed by atoms with E-state index in [-0.39, 0.29) is 24.0 Å². The number of benzene rings is 1. The van der Waals surface area contributed by atoms with Crippen molar-refractivity contribution in [2.75, 3.05) is 26.2 Å². The third kappa shape index (κ3) is 7.91. The van der Waals surface area contributed by atoms with Crippen LogP contribution in [-0.2, 0) is 13.1 Å². The Hall–Kier alpha value is -1.61. The monoisotopic (exact) mass is 524 g/mol. The molecule has 7 heteroatoms. The lowest BCUT2D eigenvalue weighted by Gasteiger charge is -2.33. The molecule has 0 aliphatic carbocycles. The molecule has 3 rings (SSSR count). The Bertz CT molecular complexity index is 745. The molecule has 0 radical (unpaired) electrons. The van der Waals surface area contributed by atoms with Gasteiger partial charge in [-0.1, -0.05) is 36.8 Å². The van der Waals surface area contributed by atoms with Crippen LogP contribution in [-0.4, -0.2) is 52.6 Å². The van der Waals surface area contributed by atoms with Crippen LogP contribution in [0, 0.1) is 0 Å². The van der Waals surface area contributed by atoms with Crippen molar-refractivity contribution in [1.82, 2.24) is 25.1 Å². The van der Waals surface area contributed by atoms with Crippen molar-refractivity contribution >= 4 is 29.9 Å². The van der Waals surface area contributed by atoms with Gasteiger partial charge >= 0.3 is 0 Å². The van der Waals surface area contributed by atoms with E-state index >= 15 is 0 Å². The van der Waals surface area contributed by atoms with Crippen molar-refractivity contribution in [2.24, 2.45) is 4.99 Å². The number of halogens is 1. The van der Waals surface area contributed by atoms with Gasteiger partial charge in [0.2, 0.25) is 0 Å². The van der Waals surface area contributed by atoms with Crippen LogP contribution in [0.3, 0.4) is 0 Å². The van der Waals surface area contributed by atoms with Crippen molar-refractivity contribution in [3.8, 4) is 0 Å². The highest BCUT2D eigenvalue weighted by atomic mass is 127. The molecule has 2 heterocycles. The first-order valence-corrected chi connectivity index (χ1v) is 11.1. The SMILES string of the molecule is CCNC(=NCc1nccn1Cc1ccccc1)NCCCN1CCCCC1C.I. The average molecular weight is 524 g/mol. The molecule has 0 spiro atoms. The van der Waals surface area contributed by atoms with Gasteiger partial charge in [-0.25, -0.2) is 9.98 Å². The Balaban J connectivity index is 0.00000320. The van der Waals surface area contributed by atoms with E-state index in [1.807, 2.05) is 18.5 Å². The summed E-state index contributed by atoms with van der Waals surface area (Å²) in [4.78, 5) is 11.9. The summed E-state index contributed by atoms with van der Waals surface area (Å²) in [5, 5.41) is 6.83. The molecule has 0 bridgehead atoms. The van der Waals surface area contributed by atoms with Gasteiger partial charge in [0.05, 0.1) is 0 Å². The summed E-state index contributed by atoms with van der Waals surface area (Å²) in [5.41, 5.74) is 1.27. The van der Waals surface area contributed by atoms with Crippen LogP contribution in [0.2, 0.25) is 0 Å². The van der Waals surface area contributed by atoms with Gasteiger partial charge in [-0.05, 0) is 45.2 Å². The number of likely N-dealkylation sites (tertiary alicyclic amines) is 1. The Morgan fingerprint density at radius 3 is 2.80 bits per heavy atom. The molecule has 1 aromatic heterocycles. The van der Waals surface area contributed by atoms with E-state index in [1.165, 1.54) is 31.4 Å². The summed E-state index contributed by atoms with van der Waals surface area (Å²) in [6.45, 7) is 10.1. The minimum absolute atomic E-state index is 0. The molecule has 1 saturated heterocycles. The zero-order valence-electron chi connectivity index (χ0n) is 18.4. The molecular weight excluding hydrogens is 487 g/mol. The van der Waals surface area contributed by atoms with E-state index in [4.69, 9.17) is 4.99 Å². The number of hydrogen-bond acceptors (Lipinski definition) is 3. The highest BCUT2D eigenvalue weighted by molar-refractivity contribution is 14.0. The van der Waals surface area contributed by atoms with E-state index in [0.717, 1.165) is 50.4 Å². The fraction of sp³-hybridized carbons (Fsp3) is 0.565. The number of nitrogens with zero attached hydrogens (tertiary/aromatic N) is 4. The molecular formula is C23H37IN6. The number of guanidine groups is 1. The van der Waals surface area contributed by atoms with Gasteiger partial charge in [-0.2, -0.15) is 0 Å². The second-order valence-electron chi connectivity index (χ2n) is 7.81. The molecule has 1 fully saturated rings. The summed E-state index contributed by atoms with van der Waals surface area (Å²) in [6.07, 6.45) is 9.08. The fourth-order valence-electron chi connectivity index (χ4n) is 3.89. The van der Waals surface area contributed by atoms with Gasteiger partial charge < -0.3 is 20.1 Å². The minimum Gasteiger partial charge on any atom is -0.357 e. The Kier molecular flexibility index (Phi) is 11.2. The maximum Gasteiger partial charge on any atom is 0.191 e. The molecule has 1 aromatic carbocycles. The molecule has 0 saturated carbocycles. The Morgan fingerprint density at radius 1 is 1.20 bits per heavy atom. The molecule has 166 valence electrons. The molecule has 1 unspecified atom stereocenters. The first-order chi connectivity index (χ1) is 14.3. The van der Waals surface area contributed by atoms with Crippen LogP contribution in [0.1, 0.15) is 50.9 Å². The molecule has 1 atom stereocenters. The number of hydrogen-bond donors (Lipinski definition) is 2. The van der Waals surface area contributed by atoms with E-state index in [9.17, 15) is 0 Å². The van der Waals surface area contributed by atoms with Gasteiger partial charge in [-0.3, -0.25) is 0 Å². The zero-order valence-corrected chi connectivity index (χ0v) is 20.7. The molecule has 1 aliphatic rings. The summed E-state index contributed by atoms with van der Waals surface area (Å²) < 4.78 is 2.17. The van der Waals surface area contributed by atoms with Gasteiger partial charge in [0.1, 0.15) is 12.4 Å². The third-order valence-electron chi connectivity index (χ3n) is 5.58. The average Bonchev–Trinajstić information content (AvgIpc) is 3.18.